The van der Waals surface area contributed by atoms with Gasteiger partial charge in [-0.25, -0.2) is 0 Å². The van der Waals surface area contributed by atoms with Crippen molar-refractivity contribution in [2.75, 3.05) is 13.1 Å². The van der Waals surface area contributed by atoms with E-state index in [9.17, 15) is 9.90 Å². The van der Waals surface area contributed by atoms with Crippen LogP contribution in [0.3, 0.4) is 0 Å². The van der Waals surface area contributed by atoms with Crippen molar-refractivity contribution in [3.63, 3.8) is 0 Å². The molecule has 1 unspecified atom stereocenters. The van der Waals surface area contributed by atoms with Gasteiger partial charge >= 0.3 is 0 Å². The Morgan fingerprint density at radius 1 is 1.19 bits per heavy atom. The second-order valence-electron chi connectivity index (χ2n) is 5.16. The van der Waals surface area contributed by atoms with Gasteiger partial charge in [-0.2, -0.15) is 0 Å². The van der Waals surface area contributed by atoms with Crippen LogP contribution in [0.5, 0.6) is 0 Å². The third-order valence-electron chi connectivity index (χ3n) is 4.02. The van der Waals surface area contributed by atoms with Crippen molar-refractivity contribution in [1.82, 2.24) is 4.90 Å². The zero-order chi connectivity index (χ0) is 11.5. The van der Waals surface area contributed by atoms with E-state index in [0.29, 0.717) is 0 Å². The van der Waals surface area contributed by atoms with Gasteiger partial charge in [-0.1, -0.05) is 12.8 Å². The molecule has 92 valence electrons. The molecule has 4 nitrogen and oxygen atoms in total. The molecule has 3 N–H and O–H groups in total. The molecule has 0 radical (unpaired) electrons. The van der Waals surface area contributed by atoms with Crippen LogP contribution in [0, 0.1) is 5.92 Å². The number of carbonyl (C=O) groups excluding carboxylic acids is 1. The Labute approximate surface area is 96.8 Å². The zero-order valence-electron chi connectivity index (χ0n) is 9.77. The van der Waals surface area contributed by atoms with Gasteiger partial charge in [0.25, 0.3) is 0 Å². The Hall–Kier alpha value is -0.610. The van der Waals surface area contributed by atoms with Gasteiger partial charge in [-0.15, -0.1) is 0 Å². The average molecular weight is 226 g/mol. The van der Waals surface area contributed by atoms with E-state index in [4.69, 9.17) is 5.73 Å². The number of nitrogens with zero attached hydrogens (tertiary/aromatic N) is 1. The van der Waals surface area contributed by atoms with Crippen LogP contribution in [0.4, 0.5) is 0 Å². The first-order valence-electron chi connectivity index (χ1n) is 6.40. The first-order chi connectivity index (χ1) is 7.68. The fraction of sp³-hybridized carbons (Fsp3) is 0.917. The summed E-state index contributed by atoms with van der Waals surface area (Å²) in [7, 11) is 0. The normalized spacial score (nSPS) is 37.2. The number of nitrogens with two attached hydrogens (primary N) is 1. The number of hydrogen-bond donors (Lipinski definition) is 2. The summed E-state index contributed by atoms with van der Waals surface area (Å²) in [6, 6.07) is 0.260. The molecule has 2 fully saturated rings. The van der Waals surface area contributed by atoms with Crippen LogP contribution < -0.4 is 5.73 Å². The molecule has 2 aliphatic rings. The van der Waals surface area contributed by atoms with Gasteiger partial charge in [0.05, 0.1) is 12.0 Å². The number of rotatable bonds is 2. The van der Waals surface area contributed by atoms with Crippen LogP contribution in [0.1, 0.15) is 38.5 Å². The number of amides is 1. The van der Waals surface area contributed by atoms with Gasteiger partial charge in [-0.05, 0) is 32.2 Å². The lowest BCUT2D eigenvalue weighted by atomic mass is 9.88. The van der Waals surface area contributed by atoms with Gasteiger partial charge in [0.2, 0.25) is 5.91 Å². The number of aliphatic hydroxyl groups is 1. The lowest BCUT2D eigenvalue weighted by Gasteiger charge is -2.41. The van der Waals surface area contributed by atoms with E-state index >= 15 is 0 Å². The van der Waals surface area contributed by atoms with Crippen molar-refractivity contribution < 1.29 is 9.90 Å². The fourth-order valence-corrected chi connectivity index (χ4v) is 3.06. The minimum atomic E-state index is -0.208. The van der Waals surface area contributed by atoms with Gasteiger partial charge in [-0.3, -0.25) is 9.69 Å². The molecular weight excluding hydrogens is 204 g/mol. The van der Waals surface area contributed by atoms with Crippen molar-refractivity contribution in [3.8, 4) is 0 Å². The van der Waals surface area contributed by atoms with E-state index in [1.165, 1.54) is 6.42 Å². The van der Waals surface area contributed by atoms with Crippen LogP contribution in [-0.4, -0.2) is 41.1 Å². The van der Waals surface area contributed by atoms with E-state index in [2.05, 4.69) is 4.90 Å². The molecule has 1 aliphatic carbocycles. The predicted octanol–water partition coefficient (Wildman–Crippen LogP) is 0.487. The summed E-state index contributed by atoms with van der Waals surface area (Å²) < 4.78 is 0. The second kappa shape index (κ2) is 5.15. The van der Waals surface area contributed by atoms with Gasteiger partial charge in [0.15, 0.2) is 0 Å². The summed E-state index contributed by atoms with van der Waals surface area (Å²) in [6.07, 6.45) is 6.02. The molecule has 1 amide bonds. The summed E-state index contributed by atoms with van der Waals surface area (Å²) in [5.41, 5.74) is 5.37. The minimum absolute atomic E-state index is 0.0112. The van der Waals surface area contributed by atoms with E-state index in [1.54, 1.807) is 0 Å². The highest BCUT2D eigenvalue weighted by Crippen LogP contribution is 2.27. The van der Waals surface area contributed by atoms with E-state index < -0.39 is 0 Å². The lowest BCUT2D eigenvalue weighted by molar-refractivity contribution is -0.124. The zero-order valence-corrected chi connectivity index (χ0v) is 9.77. The van der Waals surface area contributed by atoms with Crippen molar-refractivity contribution >= 4 is 5.91 Å². The Bertz CT molecular complexity index is 257. The Kier molecular flexibility index (Phi) is 3.82. The number of carbonyl (C=O) groups is 1. The molecule has 2 rings (SSSR count). The second-order valence-corrected chi connectivity index (χ2v) is 5.16. The molecule has 1 saturated carbocycles. The highest BCUT2D eigenvalue weighted by molar-refractivity contribution is 5.76. The molecule has 1 aliphatic heterocycles. The van der Waals surface area contributed by atoms with Crippen molar-refractivity contribution in [2.45, 2.75) is 50.7 Å². The monoisotopic (exact) mass is 226 g/mol. The molecular formula is C12H22N2O2. The van der Waals surface area contributed by atoms with Crippen LogP contribution in [-0.2, 0) is 4.79 Å². The van der Waals surface area contributed by atoms with Crippen molar-refractivity contribution in [1.29, 1.82) is 0 Å². The van der Waals surface area contributed by atoms with Gasteiger partial charge in [0.1, 0.15) is 0 Å². The number of aliphatic hydroxyl groups excluding tert-OH is 1. The van der Waals surface area contributed by atoms with E-state index in [-0.39, 0.29) is 24.0 Å². The van der Waals surface area contributed by atoms with E-state index in [0.717, 1.165) is 45.2 Å². The molecule has 0 aromatic carbocycles. The van der Waals surface area contributed by atoms with Crippen LogP contribution in [0.2, 0.25) is 0 Å². The van der Waals surface area contributed by atoms with Gasteiger partial charge in [0, 0.05) is 12.6 Å². The average Bonchev–Trinajstić information content (AvgIpc) is 2.30. The summed E-state index contributed by atoms with van der Waals surface area (Å²) in [5, 5.41) is 9.99. The van der Waals surface area contributed by atoms with Crippen LogP contribution in [0.25, 0.3) is 0 Å². The van der Waals surface area contributed by atoms with Crippen LogP contribution >= 0.6 is 0 Å². The largest absolute Gasteiger partial charge is 0.391 e. The number of hydrogen-bond acceptors (Lipinski definition) is 3. The maximum absolute atomic E-state index is 11.2. The van der Waals surface area contributed by atoms with Crippen molar-refractivity contribution in [2.24, 2.45) is 11.7 Å². The minimum Gasteiger partial charge on any atom is -0.391 e. The molecule has 0 aromatic heterocycles. The highest BCUT2D eigenvalue weighted by atomic mass is 16.3. The van der Waals surface area contributed by atoms with Gasteiger partial charge < -0.3 is 10.8 Å². The number of piperidine rings is 1. The lowest BCUT2D eigenvalue weighted by Crippen LogP contribution is -2.51. The third-order valence-corrected chi connectivity index (χ3v) is 4.02. The molecule has 16 heavy (non-hydrogen) atoms. The maximum Gasteiger partial charge on any atom is 0.221 e. The first kappa shape index (κ1) is 11.9. The fourth-order valence-electron chi connectivity index (χ4n) is 3.06. The quantitative estimate of drug-likeness (QED) is 0.720. The summed E-state index contributed by atoms with van der Waals surface area (Å²) >= 11 is 0. The molecule has 1 heterocycles. The van der Waals surface area contributed by atoms with E-state index in [1.807, 2.05) is 0 Å². The Morgan fingerprint density at radius 3 is 2.62 bits per heavy atom. The first-order valence-corrected chi connectivity index (χ1v) is 6.40. The Morgan fingerprint density at radius 2 is 1.94 bits per heavy atom. The summed E-state index contributed by atoms with van der Waals surface area (Å²) in [4.78, 5) is 13.5. The SMILES string of the molecule is NC(=O)C1CCCN([C@@H]2CCCC[C@H]2O)C1. The van der Waals surface area contributed by atoms with Crippen LogP contribution in [0.15, 0.2) is 0 Å². The molecule has 0 bridgehead atoms. The molecule has 0 aromatic rings. The Balaban J connectivity index is 1.95. The standard InChI is InChI=1S/C12H22N2O2/c13-12(16)9-4-3-7-14(8-9)10-5-1-2-6-11(10)15/h9-11,15H,1-8H2,(H2,13,16)/t9?,10-,11-/m1/s1. The number of primary amides is 1. The number of likely N-dealkylation sites (tertiary alicyclic amines) is 1. The third kappa shape index (κ3) is 2.55. The highest BCUT2D eigenvalue weighted by Gasteiger charge is 2.33. The summed E-state index contributed by atoms with van der Waals surface area (Å²) in [5.74, 6) is -0.196. The van der Waals surface area contributed by atoms with Crippen molar-refractivity contribution in [3.05, 3.63) is 0 Å². The smallest absolute Gasteiger partial charge is 0.221 e. The molecule has 1 saturated heterocycles. The topological polar surface area (TPSA) is 66.6 Å². The molecule has 0 spiro atoms. The maximum atomic E-state index is 11.2. The predicted molar refractivity (Wildman–Crippen MR) is 61.8 cm³/mol. The molecule has 3 atom stereocenters. The molecule has 4 heteroatoms. The summed E-state index contributed by atoms with van der Waals surface area (Å²) in [6.45, 7) is 1.75.